The molecule has 0 aromatic carbocycles. The number of hydrogen-bond acceptors (Lipinski definition) is 4. The van der Waals surface area contributed by atoms with E-state index >= 15 is 0 Å². The highest BCUT2D eigenvalue weighted by Crippen LogP contribution is 2.21. The summed E-state index contributed by atoms with van der Waals surface area (Å²) in [7, 11) is 3.61. The third-order valence-electron chi connectivity index (χ3n) is 3.37. The molecule has 21 heavy (non-hydrogen) atoms. The van der Waals surface area contributed by atoms with Gasteiger partial charge in [0.1, 0.15) is 11.3 Å². The van der Waals surface area contributed by atoms with Crippen molar-refractivity contribution in [2.24, 2.45) is 7.05 Å². The van der Waals surface area contributed by atoms with Crippen LogP contribution in [0, 0.1) is 0 Å². The SMILES string of the molecule is CCCc1nn(C)c2c1nc(CCl)n2CCOCCOC. The normalized spacial score (nSPS) is 11.6. The van der Waals surface area contributed by atoms with E-state index in [0.29, 0.717) is 32.2 Å². The first-order chi connectivity index (χ1) is 10.2. The number of nitrogens with zero attached hydrogens (tertiary/aromatic N) is 4. The van der Waals surface area contributed by atoms with Crippen LogP contribution in [0.1, 0.15) is 24.9 Å². The Balaban J connectivity index is 2.20. The molecule has 2 aromatic rings. The predicted molar refractivity (Wildman–Crippen MR) is 82.7 cm³/mol. The molecule has 0 N–H and O–H groups in total. The minimum Gasteiger partial charge on any atom is -0.382 e. The molecule has 2 aromatic heterocycles. The van der Waals surface area contributed by atoms with Crippen molar-refractivity contribution in [1.29, 1.82) is 0 Å². The van der Waals surface area contributed by atoms with Gasteiger partial charge in [-0.25, -0.2) is 4.98 Å². The minimum absolute atomic E-state index is 0.387. The number of methoxy groups -OCH3 is 1. The first kappa shape index (κ1) is 16.3. The predicted octanol–water partition coefficient (Wildman–Crippen LogP) is 2.12. The largest absolute Gasteiger partial charge is 0.382 e. The van der Waals surface area contributed by atoms with Gasteiger partial charge in [0.05, 0.1) is 31.4 Å². The maximum absolute atomic E-state index is 6.03. The number of alkyl halides is 1. The molecule has 0 unspecified atom stereocenters. The van der Waals surface area contributed by atoms with Gasteiger partial charge in [-0.1, -0.05) is 13.3 Å². The van der Waals surface area contributed by atoms with Gasteiger partial charge in [0.25, 0.3) is 0 Å². The van der Waals surface area contributed by atoms with E-state index in [0.717, 1.165) is 35.5 Å². The third-order valence-corrected chi connectivity index (χ3v) is 3.61. The van der Waals surface area contributed by atoms with Crippen molar-refractivity contribution >= 4 is 22.8 Å². The molecule has 0 amide bonds. The Labute approximate surface area is 130 Å². The quantitative estimate of drug-likeness (QED) is 0.525. The summed E-state index contributed by atoms with van der Waals surface area (Å²) in [6.45, 7) is 4.66. The maximum Gasteiger partial charge on any atom is 0.158 e. The molecule has 0 saturated carbocycles. The van der Waals surface area contributed by atoms with Crippen LogP contribution in [-0.2, 0) is 35.4 Å². The molecule has 118 valence electrons. The molecule has 2 heterocycles. The highest BCUT2D eigenvalue weighted by Gasteiger charge is 2.18. The van der Waals surface area contributed by atoms with Crippen molar-refractivity contribution < 1.29 is 9.47 Å². The summed E-state index contributed by atoms with van der Waals surface area (Å²) in [6, 6.07) is 0. The van der Waals surface area contributed by atoms with Gasteiger partial charge < -0.3 is 14.0 Å². The number of aryl methyl sites for hydroxylation is 2. The van der Waals surface area contributed by atoms with E-state index in [1.807, 2.05) is 11.7 Å². The fraction of sp³-hybridized carbons (Fsp3) is 0.714. The van der Waals surface area contributed by atoms with E-state index in [9.17, 15) is 0 Å². The second-order valence-corrected chi connectivity index (χ2v) is 5.18. The molecular formula is C14H23ClN4O2. The zero-order valence-corrected chi connectivity index (χ0v) is 13.7. The molecule has 0 atom stereocenters. The third kappa shape index (κ3) is 3.56. The topological polar surface area (TPSA) is 54.1 Å². The zero-order valence-electron chi connectivity index (χ0n) is 12.9. The summed E-state index contributed by atoms with van der Waals surface area (Å²) in [4.78, 5) is 4.65. The van der Waals surface area contributed by atoms with E-state index in [-0.39, 0.29) is 0 Å². The number of imidazole rings is 1. The van der Waals surface area contributed by atoms with Crippen LogP contribution in [-0.4, -0.2) is 46.3 Å². The number of fused-ring (bicyclic) bond motifs is 1. The Morgan fingerprint density at radius 1 is 1.24 bits per heavy atom. The summed E-state index contributed by atoms with van der Waals surface area (Å²) < 4.78 is 14.5. The number of aromatic nitrogens is 4. The summed E-state index contributed by atoms with van der Waals surface area (Å²) in [6.07, 6.45) is 1.98. The van der Waals surface area contributed by atoms with Crippen LogP contribution in [0.25, 0.3) is 11.2 Å². The highest BCUT2D eigenvalue weighted by molar-refractivity contribution is 6.16. The number of hydrogen-bond donors (Lipinski definition) is 0. The number of halogens is 1. The lowest BCUT2D eigenvalue weighted by Gasteiger charge is -2.08. The van der Waals surface area contributed by atoms with E-state index in [1.165, 1.54) is 0 Å². The minimum atomic E-state index is 0.387. The van der Waals surface area contributed by atoms with Crippen LogP contribution in [0.5, 0.6) is 0 Å². The summed E-state index contributed by atoms with van der Waals surface area (Å²) in [5.74, 6) is 1.26. The van der Waals surface area contributed by atoms with Crippen molar-refractivity contribution in [2.75, 3.05) is 26.9 Å². The van der Waals surface area contributed by atoms with Gasteiger partial charge in [-0.15, -0.1) is 11.6 Å². The lowest BCUT2D eigenvalue weighted by atomic mass is 10.2. The average molecular weight is 315 g/mol. The molecule has 0 aliphatic carbocycles. The first-order valence-electron chi connectivity index (χ1n) is 7.26. The summed E-state index contributed by atoms with van der Waals surface area (Å²) >= 11 is 6.03. The number of rotatable bonds is 9. The van der Waals surface area contributed by atoms with E-state index in [4.69, 9.17) is 21.1 Å². The maximum atomic E-state index is 6.03. The van der Waals surface area contributed by atoms with E-state index in [1.54, 1.807) is 7.11 Å². The molecular weight excluding hydrogens is 292 g/mol. The zero-order chi connectivity index (χ0) is 15.2. The fourth-order valence-electron chi connectivity index (χ4n) is 2.43. The van der Waals surface area contributed by atoms with Crippen LogP contribution >= 0.6 is 11.6 Å². The Morgan fingerprint density at radius 2 is 2.05 bits per heavy atom. The van der Waals surface area contributed by atoms with Crippen molar-refractivity contribution in [2.45, 2.75) is 32.2 Å². The van der Waals surface area contributed by atoms with Gasteiger partial charge in [-0.05, 0) is 6.42 Å². The second kappa shape index (κ2) is 7.77. The molecule has 6 nitrogen and oxygen atoms in total. The van der Waals surface area contributed by atoms with Crippen LogP contribution in [0.3, 0.4) is 0 Å². The average Bonchev–Trinajstić information content (AvgIpc) is 2.98. The van der Waals surface area contributed by atoms with Gasteiger partial charge in [-0.3, -0.25) is 4.68 Å². The molecule has 0 bridgehead atoms. The summed E-state index contributed by atoms with van der Waals surface area (Å²) in [5.41, 5.74) is 3.02. The van der Waals surface area contributed by atoms with Crippen molar-refractivity contribution in [3.05, 3.63) is 11.5 Å². The monoisotopic (exact) mass is 314 g/mol. The Bertz CT molecular complexity index is 579. The standard InChI is InChI=1S/C14H23ClN4O2/c1-4-5-11-13-14(18(2)17-11)19(12(10-15)16-13)6-7-21-9-8-20-3/h4-10H2,1-3H3. The molecule has 0 radical (unpaired) electrons. The van der Waals surface area contributed by atoms with Crippen LogP contribution < -0.4 is 0 Å². The van der Waals surface area contributed by atoms with E-state index < -0.39 is 0 Å². The van der Waals surface area contributed by atoms with Crippen LogP contribution in [0.2, 0.25) is 0 Å². The molecule has 7 heteroatoms. The lowest BCUT2D eigenvalue weighted by Crippen LogP contribution is -2.12. The first-order valence-corrected chi connectivity index (χ1v) is 7.80. The molecule has 0 aliphatic heterocycles. The Hall–Kier alpha value is -1.11. The fourth-order valence-corrected chi connectivity index (χ4v) is 2.63. The van der Waals surface area contributed by atoms with Gasteiger partial charge in [0.2, 0.25) is 0 Å². The summed E-state index contributed by atoms with van der Waals surface area (Å²) in [5, 5.41) is 4.56. The molecule has 0 spiro atoms. The van der Waals surface area contributed by atoms with Gasteiger partial charge >= 0.3 is 0 Å². The van der Waals surface area contributed by atoms with Crippen LogP contribution in [0.4, 0.5) is 0 Å². The molecule has 0 saturated heterocycles. The van der Waals surface area contributed by atoms with Gasteiger partial charge in [0, 0.05) is 20.7 Å². The van der Waals surface area contributed by atoms with Crippen molar-refractivity contribution in [3.63, 3.8) is 0 Å². The molecule has 0 aliphatic rings. The second-order valence-electron chi connectivity index (χ2n) is 4.91. The van der Waals surface area contributed by atoms with Gasteiger partial charge in [-0.2, -0.15) is 5.10 Å². The van der Waals surface area contributed by atoms with E-state index in [2.05, 4.69) is 21.6 Å². The van der Waals surface area contributed by atoms with Gasteiger partial charge in [0.15, 0.2) is 5.65 Å². The molecule has 0 fully saturated rings. The van der Waals surface area contributed by atoms with Crippen molar-refractivity contribution in [3.8, 4) is 0 Å². The Kier molecular flexibility index (Phi) is 6.02. The lowest BCUT2D eigenvalue weighted by molar-refractivity contribution is 0.0666. The van der Waals surface area contributed by atoms with Crippen molar-refractivity contribution in [1.82, 2.24) is 19.3 Å². The smallest absolute Gasteiger partial charge is 0.158 e. The van der Waals surface area contributed by atoms with Crippen LogP contribution in [0.15, 0.2) is 0 Å². The highest BCUT2D eigenvalue weighted by atomic mass is 35.5. The molecule has 2 rings (SSSR count). The Morgan fingerprint density at radius 3 is 2.71 bits per heavy atom. The number of ether oxygens (including phenoxy) is 2.